The van der Waals surface area contributed by atoms with E-state index in [1.165, 1.54) is 31.2 Å². The summed E-state index contributed by atoms with van der Waals surface area (Å²) in [5, 5.41) is 3.53. The monoisotopic (exact) mass is 325 g/mol. The number of benzene rings is 1. The van der Waals surface area contributed by atoms with Crippen molar-refractivity contribution in [1.82, 2.24) is 5.32 Å². The quantitative estimate of drug-likeness (QED) is 0.877. The van der Waals surface area contributed by atoms with Gasteiger partial charge in [-0.3, -0.25) is 0 Å². The molecule has 0 radical (unpaired) electrons. The summed E-state index contributed by atoms with van der Waals surface area (Å²) in [6.07, 6.45) is 6.52. The van der Waals surface area contributed by atoms with Gasteiger partial charge in [0.1, 0.15) is 5.75 Å². The molecule has 1 aliphatic carbocycles. The van der Waals surface area contributed by atoms with Gasteiger partial charge in [-0.25, -0.2) is 0 Å². The zero-order chi connectivity index (χ0) is 13.9. The summed E-state index contributed by atoms with van der Waals surface area (Å²) in [7, 11) is 3.79. The van der Waals surface area contributed by atoms with Gasteiger partial charge >= 0.3 is 0 Å². The van der Waals surface area contributed by atoms with E-state index in [4.69, 9.17) is 4.74 Å². The first-order valence-electron chi connectivity index (χ1n) is 7.09. The van der Waals surface area contributed by atoms with Crippen LogP contribution in [0.3, 0.4) is 0 Å². The van der Waals surface area contributed by atoms with Gasteiger partial charge in [-0.05, 0) is 65.4 Å². The number of nitrogens with one attached hydrogen (secondary N) is 1. The Kier molecular flexibility index (Phi) is 4.91. The molecule has 0 amide bonds. The number of hydrogen-bond acceptors (Lipinski definition) is 2. The molecule has 2 nitrogen and oxygen atoms in total. The third-order valence-corrected chi connectivity index (χ3v) is 5.21. The van der Waals surface area contributed by atoms with Crippen molar-refractivity contribution in [2.45, 2.75) is 45.1 Å². The summed E-state index contributed by atoms with van der Waals surface area (Å²) >= 11 is 3.57. The van der Waals surface area contributed by atoms with Crippen molar-refractivity contribution in [2.24, 2.45) is 5.41 Å². The molecular formula is C16H24BrNO. The van der Waals surface area contributed by atoms with Gasteiger partial charge in [0.15, 0.2) is 0 Å². The maximum Gasteiger partial charge on any atom is 0.133 e. The van der Waals surface area contributed by atoms with E-state index in [1.807, 2.05) is 6.07 Å². The number of rotatable bonds is 5. The predicted octanol–water partition coefficient (Wildman–Crippen LogP) is 4.17. The zero-order valence-electron chi connectivity index (χ0n) is 12.1. The second-order valence-electron chi connectivity index (χ2n) is 5.88. The van der Waals surface area contributed by atoms with Crippen LogP contribution in [0.4, 0.5) is 0 Å². The minimum Gasteiger partial charge on any atom is -0.496 e. The van der Waals surface area contributed by atoms with Crippen LogP contribution in [-0.2, 0) is 6.42 Å². The first kappa shape index (κ1) is 14.9. The van der Waals surface area contributed by atoms with E-state index < -0.39 is 0 Å². The van der Waals surface area contributed by atoms with E-state index >= 15 is 0 Å². The van der Waals surface area contributed by atoms with Crippen molar-refractivity contribution >= 4 is 15.9 Å². The highest BCUT2D eigenvalue weighted by atomic mass is 79.9. The summed E-state index contributed by atoms with van der Waals surface area (Å²) in [6.45, 7) is 2.43. The molecule has 0 heterocycles. The molecule has 1 saturated carbocycles. The van der Waals surface area contributed by atoms with Gasteiger partial charge < -0.3 is 10.1 Å². The van der Waals surface area contributed by atoms with Crippen molar-refractivity contribution < 1.29 is 4.74 Å². The average molecular weight is 326 g/mol. The van der Waals surface area contributed by atoms with Crippen LogP contribution < -0.4 is 10.1 Å². The maximum absolute atomic E-state index is 5.29. The largest absolute Gasteiger partial charge is 0.496 e. The zero-order valence-corrected chi connectivity index (χ0v) is 13.7. The fourth-order valence-electron chi connectivity index (χ4n) is 3.30. The Morgan fingerprint density at radius 3 is 2.58 bits per heavy atom. The van der Waals surface area contributed by atoms with Crippen LogP contribution >= 0.6 is 15.9 Å². The Morgan fingerprint density at radius 2 is 2.05 bits per heavy atom. The summed E-state index contributed by atoms with van der Waals surface area (Å²) in [5.41, 5.74) is 1.81. The third kappa shape index (κ3) is 3.32. The van der Waals surface area contributed by atoms with Crippen molar-refractivity contribution in [1.29, 1.82) is 0 Å². The van der Waals surface area contributed by atoms with E-state index in [0.29, 0.717) is 11.5 Å². The lowest BCUT2D eigenvalue weighted by atomic mass is 9.78. The second kappa shape index (κ2) is 6.27. The Hall–Kier alpha value is -0.540. The fourth-order valence-corrected chi connectivity index (χ4v) is 3.89. The summed E-state index contributed by atoms with van der Waals surface area (Å²) in [6, 6.07) is 6.95. The highest BCUT2D eigenvalue weighted by molar-refractivity contribution is 9.10. The van der Waals surface area contributed by atoms with Crippen LogP contribution in [0.15, 0.2) is 22.7 Å². The molecule has 1 unspecified atom stereocenters. The Balaban J connectivity index is 2.12. The standard InChI is InChI=1S/C16H24BrNO/c1-16(8-4-5-9-16)15(18-2)11-12-6-7-14(19-3)13(17)10-12/h6-7,10,15,18H,4-5,8-9,11H2,1-3H3. The van der Waals surface area contributed by atoms with E-state index in [9.17, 15) is 0 Å². The average Bonchev–Trinajstić information content (AvgIpc) is 2.84. The molecule has 0 saturated heterocycles. The number of ether oxygens (including phenoxy) is 1. The van der Waals surface area contributed by atoms with Gasteiger partial charge in [0.2, 0.25) is 0 Å². The lowest BCUT2D eigenvalue weighted by molar-refractivity contribution is 0.229. The van der Waals surface area contributed by atoms with Crippen molar-refractivity contribution in [2.75, 3.05) is 14.2 Å². The normalized spacial score (nSPS) is 19.4. The minimum atomic E-state index is 0.446. The van der Waals surface area contributed by atoms with Gasteiger partial charge in [-0.1, -0.05) is 25.8 Å². The number of methoxy groups -OCH3 is 1. The van der Waals surface area contributed by atoms with Crippen LogP contribution in [0.2, 0.25) is 0 Å². The molecule has 0 spiro atoms. The molecule has 1 aromatic rings. The SMILES string of the molecule is CNC(Cc1ccc(OC)c(Br)c1)C1(C)CCCC1. The fraction of sp³-hybridized carbons (Fsp3) is 0.625. The van der Waals surface area contributed by atoms with E-state index in [2.05, 4.69) is 47.4 Å². The van der Waals surface area contributed by atoms with Gasteiger partial charge in [-0.2, -0.15) is 0 Å². The number of hydrogen-bond donors (Lipinski definition) is 1. The van der Waals surface area contributed by atoms with Crippen molar-refractivity contribution in [3.63, 3.8) is 0 Å². The molecule has 19 heavy (non-hydrogen) atoms. The molecule has 0 aliphatic heterocycles. The van der Waals surface area contributed by atoms with Crippen LogP contribution in [0.1, 0.15) is 38.2 Å². The van der Waals surface area contributed by atoms with Gasteiger partial charge in [0, 0.05) is 6.04 Å². The molecule has 1 aliphatic rings. The molecular weight excluding hydrogens is 302 g/mol. The molecule has 106 valence electrons. The molecule has 1 aromatic carbocycles. The van der Waals surface area contributed by atoms with Gasteiger partial charge in [0.05, 0.1) is 11.6 Å². The van der Waals surface area contributed by atoms with Gasteiger partial charge in [0.25, 0.3) is 0 Å². The summed E-state index contributed by atoms with van der Waals surface area (Å²) in [4.78, 5) is 0. The maximum atomic E-state index is 5.29. The first-order chi connectivity index (χ1) is 9.09. The first-order valence-corrected chi connectivity index (χ1v) is 7.88. The van der Waals surface area contributed by atoms with E-state index in [1.54, 1.807) is 7.11 Å². The lowest BCUT2D eigenvalue weighted by Gasteiger charge is -2.34. The smallest absolute Gasteiger partial charge is 0.133 e. The molecule has 1 atom stereocenters. The van der Waals surface area contributed by atoms with Crippen LogP contribution in [0.5, 0.6) is 5.75 Å². The van der Waals surface area contributed by atoms with Gasteiger partial charge in [-0.15, -0.1) is 0 Å². The minimum absolute atomic E-state index is 0.446. The number of halogens is 1. The third-order valence-electron chi connectivity index (χ3n) is 4.59. The molecule has 2 rings (SSSR count). The Labute approximate surface area is 125 Å². The lowest BCUT2D eigenvalue weighted by Crippen LogP contribution is -2.41. The van der Waals surface area contributed by atoms with E-state index in [0.717, 1.165) is 16.6 Å². The van der Waals surface area contributed by atoms with Crippen molar-refractivity contribution in [3.05, 3.63) is 28.2 Å². The molecule has 0 bridgehead atoms. The molecule has 0 aromatic heterocycles. The second-order valence-corrected chi connectivity index (χ2v) is 6.73. The Morgan fingerprint density at radius 1 is 1.37 bits per heavy atom. The number of likely N-dealkylation sites (N-methyl/N-ethyl adjacent to an activating group) is 1. The molecule has 3 heteroatoms. The molecule has 1 fully saturated rings. The van der Waals surface area contributed by atoms with Crippen LogP contribution in [0, 0.1) is 5.41 Å². The topological polar surface area (TPSA) is 21.3 Å². The van der Waals surface area contributed by atoms with E-state index in [-0.39, 0.29) is 0 Å². The highest BCUT2D eigenvalue weighted by Gasteiger charge is 2.35. The summed E-state index contributed by atoms with van der Waals surface area (Å²) < 4.78 is 6.33. The predicted molar refractivity (Wildman–Crippen MR) is 83.8 cm³/mol. The highest BCUT2D eigenvalue weighted by Crippen LogP contribution is 2.41. The van der Waals surface area contributed by atoms with Crippen LogP contribution in [0.25, 0.3) is 0 Å². The van der Waals surface area contributed by atoms with Crippen LogP contribution in [-0.4, -0.2) is 20.2 Å². The van der Waals surface area contributed by atoms with Crippen molar-refractivity contribution in [3.8, 4) is 5.75 Å². The molecule has 1 N–H and O–H groups in total. The summed E-state index contributed by atoms with van der Waals surface area (Å²) in [5.74, 6) is 0.900. The Bertz CT molecular complexity index is 427.